The van der Waals surface area contributed by atoms with Crippen LogP contribution in [0.1, 0.15) is 42.6 Å². The number of aromatic amines is 1. The molecule has 1 aromatic heterocycles. The molecule has 10 heteroatoms. The first-order valence-electron chi connectivity index (χ1n) is 12.5. The van der Waals surface area contributed by atoms with Gasteiger partial charge < -0.3 is 19.7 Å². The monoisotopic (exact) mass is 510 g/mol. The molecular weight excluding hydrogens is 482 g/mol. The molecule has 2 unspecified atom stereocenters. The molecule has 4 heterocycles. The van der Waals surface area contributed by atoms with Crippen LogP contribution in [0.25, 0.3) is 10.9 Å². The lowest BCUT2D eigenvalue weighted by atomic mass is 9.81. The summed E-state index contributed by atoms with van der Waals surface area (Å²) in [5.41, 5.74) is 1.61. The molecule has 3 amide bonds. The van der Waals surface area contributed by atoms with E-state index in [1.54, 1.807) is 48.2 Å². The molecule has 3 aromatic rings. The maximum absolute atomic E-state index is 13.9. The molecule has 3 aliphatic heterocycles. The summed E-state index contributed by atoms with van der Waals surface area (Å²) in [5, 5.41) is 10.9. The number of alkyl halides is 2. The number of nitrogens with zero attached hydrogens (tertiary/aromatic N) is 3. The number of halogens is 2. The minimum absolute atomic E-state index is 0.0202. The largest absolute Gasteiger partial charge is 0.508 e. The average molecular weight is 511 g/mol. The topological polar surface area (TPSA) is 89.1 Å². The third-order valence-electron chi connectivity index (χ3n) is 7.89. The minimum Gasteiger partial charge on any atom is -0.508 e. The number of phenolic OH excluding ortho intramolecular Hbond substituents is 1. The van der Waals surface area contributed by atoms with Gasteiger partial charge in [-0.15, -0.1) is 0 Å². The highest BCUT2D eigenvalue weighted by atomic mass is 19.3. The second kappa shape index (κ2) is 8.72. The number of fused-ring (bicyclic) bond motifs is 4. The Labute approximate surface area is 212 Å². The summed E-state index contributed by atoms with van der Waals surface area (Å²) in [6.45, 7) is 1.66. The van der Waals surface area contributed by atoms with E-state index in [0.29, 0.717) is 35.2 Å². The second-order valence-corrected chi connectivity index (χ2v) is 10.2. The highest BCUT2D eigenvalue weighted by molar-refractivity contribution is 6.08. The summed E-state index contributed by atoms with van der Waals surface area (Å²) in [6.07, 6.45) is 2.45. The van der Waals surface area contributed by atoms with Gasteiger partial charge in [-0.25, -0.2) is 4.79 Å². The molecule has 2 N–H and O–H groups in total. The number of carbonyl (C=O) groups is 2. The molecule has 0 bridgehead atoms. The van der Waals surface area contributed by atoms with Gasteiger partial charge in [0.1, 0.15) is 23.1 Å². The number of phenols is 1. The number of likely N-dealkylation sites (tertiary alicyclic amines) is 1. The van der Waals surface area contributed by atoms with E-state index < -0.39 is 18.2 Å². The van der Waals surface area contributed by atoms with E-state index in [1.807, 2.05) is 0 Å². The molecule has 0 spiro atoms. The van der Waals surface area contributed by atoms with E-state index in [-0.39, 0.29) is 29.9 Å². The van der Waals surface area contributed by atoms with Gasteiger partial charge in [0, 0.05) is 36.1 Å². The van der Waals surface area contributed by atoms with Crippen molar-refractivity contribution >= 4 is 22.8 Å². The van der Waals surface area contributed by atoms with Gasteiger partial charge in [-0.1, -0.05) is 12.1 Å². The number of rotatable bonds is 6. The van der Waals surface area contributed by atoms with Crippen LogP contribution in [0, 0.1) is 0 Å². The summed E-state index contributed by atoms with van der Waals surface area (Å²) >= 11 is 0. The van der Waals surface area contributed by atoms with E-state index in [2.05, 4.69) is 14.6 Å². The Bertz CT molecular complexity index is 1390. The van der Waals surface area contributed by atoms with Gasteiger partial charge in [-0.05, 0) is 74.3 Å². The number of H-pyrrole nitrogens is 1. The molecule has 194 valence electrons. The lowest BCUT2D eigenvalue weighted by Gasteiger charge is -2.42. The molecule has 0 radical (unpaired) electrons. The van der Waals surface area contributed by atoms with E-state index in [4.69, 9.17) is 0 Å². The molecule has 0 saturated carbocycles. The summed E-state index contributed by atoms with van der Waals surface area (Å²) in [6, 6.07) is 10.2. The number of aromatic hydroxyl groups is 1. The molecule has 8 nitrogen and oxygen atoms in total. The van der Waals surface area contributed by atoms with Gasteiger partial charge in [0.15, 0.2) is 0 Å². The number of ether oxygens (including phenoxy) is 1. The Balaban J connectivity index is 1.46. The van der Waals surface area contributed by atoms with E-state index in [1.165, 1.54) is 11.0 Å². The predicted molar refractivity (Wildman–Crippen MR) is 132 cm³/mol. The standard InChI is InChI=1S/C27H28F2N4O4/c1-27-15-20-19-14-18(37-25(28)29)7-8-21(19)30-22(20)23(16-5-4-6-17(34)13-16)33(27)26(36)32(24(27)35)12-11-31-9-2-3-10-31/h4-8,13-14,23,25,30,34H,2-3,9-12,15H2,1H3. The number of urea groups is 1. The van der Waals surface area contributed by atoms with Crippen LogP contribution in [0.15, 0.2) is 42.5 Å². The molecule has 6 rings (SSSR count). The van der Waals surface area contributed by atoms with Crippen molar-refractivity contribution < 1.29 is 28.2 Å². The number of imide groups is 1. The van der Waals surface area contributed by atoms with Crippen molar-refractivity contribution in [1.29, 1.82) is 0 Å². The normalized spacial score (nSPS) is 23.8. The Hall–Kier alpha value is -3.66. The lowest BCUT2D eigenvalue weighted by molar-refractivity contribution is -0.133. The van der Waals surface area contributed by atoms with Crippen LogP contribution in [0.3, 0.4) is 0 Å². The van der Waals surface area contributed by atoms with Crippen molar-refractivity contribution in [2.24, 2.45) is 0 Å². The third kappa shape index (κ3) is 3.81. The number of amides is 3. The Morgan fingerprint density at radius 2 is 1.92 bits per heavy atom. The highest BCUT2D eigenvalue weighted by Gasteiger charge is 2.60. The van der Waals surface area contributed by atoms with Crippen LogP contribution in [0.2, 0.25) is 0 Å². The quantitative estimate of drug-likeness (QED) is 0.485. The van der Waals surface area contributed by atoms with Crippen molar-refractivity contribution in [3.63, 3.8) is 0 Å². The maximum atomic E-state index is 13.9. The van der Waals surface area contributed by atoms with Crippen molar-refractivity contribution in [1.82, 2.24) is 19.7 Å². The number of benzene rings is 2. The molecule has 2 atom stereocenters. The molecule has 2 fully saturated rings. The zero-order valence-corrected chi connectivity index (χ0v) is 20.4. The van der Waals surface area contributed by atoms with Crippen LogP contribution >= 0.6 is 0 Å². The molecule has 3 aliphatic rings. The number of hydrogen-bond donors (Lipinski definition) is 2. The minimum atomic E-state index is -2.96. The van der Waals surface area contributed by atoms with Crippen LogP contribution < -0.4 is 4.74 Å². The first kappa shape index (κ1) is 23.7. The summed E-state index contributed by atoms with van der Waals surface area (Å²) in [7, 11) is 0. The van der Waals surface area contributed by atoms with Crippen LogP contribution in [-0.4, -0.2) is 75.1 Å². The maximum Gasteiger partial charge on any atom is 0.387 e. The van der Waals surface area contributed by atoms with Crippen molar-refractivity contribution in [3.05, 3.63) is 59.3 Å². The SMILES string of the molecule is CC12Cc3c([nH]c4ccc(OC(F)F)cc34)C(c3cccc(O)c3)N1C(=O)N(CCN1CCCC1)C2=O. The number of hydrogen-bond acceptors (Lipinski definition) is 5. The van der Waals surface area contributed by atoms with Gasteiger partial charge >= 0.3 is 12.6 Å². The van der Waals surface area contributed by atoms with E-state index in [9.17, 15) is 23.5 Å². The second-order valence-electron chi connectivity index (χ2n) is 10.2. The van der Waals surface area contributed by atoms with E-state index >= 15 is 0 Å². The summed E-state index contributed by atoms with van der Waals surface area (Å²) in [5.74, 6) is -0.215. The zero-order valence-electron chi connectivity index (χ0n) is 20.4. The zero-order chi connectivity index (χ0) is 25.9. The lowest BCUT2D eigenvalue weighted by Crippen LogP contribution is -2.53. The van der Waals surface area contributed by atoms with Crippen LogP contribution in [-0.2, 0) is 11.2 Å². The molecule has 0 aliphatic carbocycles. The van der Waals surface area contributed by atoms with Crippen LogP contribution in [0.5, 0.6) is 11.5 Å². The highest BCUT2D eigenvalue weighted by Crippen LogP contribution is 2.49. The Morgan fingerprint density at radius 1 is 1.14 bits per heavy atom. The third-order valence-corrected chi connectivity index (χ3v) is 7.89. The Morgan fingerprint density at radius 3 is 2.65 bits per heavy atom. The Kier molecular flexibility index (Phi) is 5.59. The van der Waals surface area contributed by atoms with Gasteiger partial charge in [-0.2, -0.15) is 8.78 Å². The number of nitrogens with one attached hydrogen (secondary N) is 1. The number of aromatic nitrogens is 1. The van der Waals surface area contributed by atoms with Crippen molar-refractivity contribution in [3.8, 4) is 11.5 Å². The number of carbonyl (C=O) groups excluding carboxylic acids is 2. The van der Waals surface area contributed by atoms with Gasteiger partial charge in [0.2, 0.25) is 0 Å². The fourth-order valence-corrected chi connectivity index (χ4v) is 6.15. The molecular formula is C27H28F2N4O4. The smallest absolute Gasteiger partial charge is 0.387 e. The summed E-state index contributed by atoms with van der Waals surface area (Å²) in [4.78, 5) is 36.3. The van der Waals surface area contributed by atoms with Gasteiger partial charge in [-0.3, -0.25) is 14.6 Å². The fourth-order valence-electron chi connectivity index (χ4n) is 6.15. The first-order chi connectivity index (χ1) is 17.8. The van der Waals surface area contributed by atoms with E-state index in [0.717, 1.165) is 31.5 Å². The molecule has 2 aromatic carbocycles. The van der Waals surface area contributed by atoms with Gasteiger partial charge in [0.25, 0.3) is 5.91 Å². The molecule has 2 saturated heterocycles. The molecule has 37 heavy (non-hydrogen) atoms. The predicted octanol–water partition coefficient (Wildman–Crippen LogP) is 4.24. The average Bonchev–Trinajstić information content (AvgIpc) is 3.54. The van der Waals surface area contributed by atoms with Crippen molar-refractivity contribution in [2.45, 2.75) is 44.4 Å². The first-order valence-corrected chi connectivity index (χ1v) is 12.5. The van der Waals surface area contributed by atoms with Crippen molar-refractivity contribution in [2.75, 3.05) is 26.2 Å². The van der Waals surface area contributed by atoms with Crippen LogP contribution in [0.4, 0.5) is 13.6 Å². The summed E-state index contributed by atoms with van der Waals surface area (Å²) < 4.78 is 30.5. The van der Waals surface area contributed by atoms with Gasteiger partial charge in [0.05, 0.1) is 0 Å². The fraction of sp³-hybridized carbons (Fsp3) is 0.407.